The van der Waals surface area contributed by atoms with Gasteiger partial charge in [0.15, 0.2) is 0 Å². The maximum Gasteiger partial charge on any atom is 0.118 e. The van der Waals surface area contributed by atoms with Crippen molar-refractivity contribution in [2.75, 3.05) is 13.4 Å². The van der Waals surface area contributed by atoms with Crippen LogP contribution in [0.1, 0.15) is 44.6 Å². The number of methoxy groups -OCH3 is 1. The molecule has 1 unspecified atom stereocenters. The van der Waals surface area contributed by atoms with Crippen LogP contribution in [-0.4, -0.2) is 30.7 Å². The number of aryl methyl sites for hydroxylation is 1. The van der Waals surface area contributed by atoms with Crippen LogP contribution in [0.5, 0.6) is 5.75 Å². The van der Waals surface area contributed by atoms with Crippen molar-refractivity contribution in [1.29, 1.82) is 0 Å². The van der Waals surface area contributed by atoms with Gasteiger partial charge in [-0.05, 0) is 69.4 Å². The Labute approximate surface area is 134 Å². The lowest BCUT2D eigenvalue weighted by molar-refractivity contribution is 0.341. The van der Waals surface area contributed by atoms with E-state index < -0.39 is 0 Å². The highest BCUT2D eigenvalue weighted by Crippen LogP contribution is 2.27. The van der Waals surface area contributed by atoms with E-state index in [2.05, 4.69) is 42.8 Å². The molecule has 2 rings (SSSR count). The lowest BCUT2D eigenvalue weighted by Crippen LogP contribution is -2.39. The Kier molecular flexibility index (Phi) is 6.91. The highest BCUT2D eigenvalue weighted by molar-refractivity contribution is 7.99. The van der Waals surface area contributed by atoms with Crippen LogP contribution in [-0.2, 0) is 6.42 Å². The van der Waals surface area contributed by atoms with E-state index in [1.807, 2.05) is 11.8 Å². The second kappa shape index (κ2) is 8.70. The van der Waals surface area contributed by atoms with E-state index in [-0.39, 0.29) is 0 Å². The summed E-state index contributed by atoms with van der Waals surface area (Å²) in [5.41, 5.74) is 1.40. The Morgan fingerprint density at radius 2 is 1.86 bits per heavy atom. The number of ether oxygens (including phenoxy) is 1. The highest BCUT2D eigenvalue weighted by Gasteiger charge is 2.21. The van der Waals surface area contributed by atoms with Gasteiger partial charge < -0.3 is 10.1 Å². The molecular formula is C18H29NOS. The molecule has 21 heavy (non-hydrogen) atoms. The van der Waals surface area contributed by atoms with E-state index in [0.717, 1.165) is 23.5 Å². The van der Waals surface area contributed by atoms with Gasteiger partial charge in [-0.25, -0.2) is 0 Å². The number of thioether (sulfide) groups is 1. The van der Waals surface area contributed by atoms with Gasteiger partial charge in [0.1, 0.15) is 5.75 Å². The van der Waals surface area contributed by atoms with Crippen LogP contribution in [0.15, 0.2) is 24.3 Å². The summed E-state index contributed by atoms with van der Waals surface area (Å²) in [6, 6.07) is 9.79. The van der Waals surface area contributed by atoms with Crippen molar-refractivity contribution >= 4 is 11.8 Å². The molecule has 1 atom stereocenters. The monoisotopic (exact) mass is 307 g/mol. The molecule has 0 amide bonds. The number of hydrogen-bond donors (Lipinski definition) is 1. The minimum absolute atomic E-state index is 0.600. The fourth-order valence-electron chi connectivity index (χ4n) is 3.13. The number of rotatable bonds is 7. The summed E-state index contributed by atoms with van der Waals surface area (Å²) in [7, 11) is 1.72. The van der Waals surface area contributed by atoms with E-state index in [1.54, 1.807) is 7.11 Å². The van der Waals surface area contributed by atoms with Crippen LogP contribution in [0.2, 0.25) is 0 Å². The summed E-state index contributed by atoms with van der Waals surface area (Å²) in [6.45, 7) is 2.32. The van der Waals surface area contributed by atoms with Crippen LogP contribution in [0.25, 0.3) is 0 Å². The first kappa shape index (κ1) is 16.7. The van der Waals surface area contributed by atoms with E-state index in [0.29, 0.717) is 6.04 Å². The number of nitrogens with one attached hydrogen (secondary N) is 1. The molecule has 0 aromatic heterocycles. The van der Waals surface area contributed by atoms with Gasteiger partial charge in [0.2, 0.25) is 0 Å². The van der Waals surface area contributed by atoms with Crippen molar-refractivity contribution in [1.82, 2.24) is 5.32 Å². The third-order valence-corrected chi connectivity index (χ3v) is 5.69. The molecule has 1 aliphatic carbocycles. The standard InChI is InChI=1S/C18H29NOS/c1-14(19-16-8-12-18(21-3)13-9-16)4-5-15-6-10-17(20-2)11-7-15/h6-7,10-11,14,16,18-19H,4-5,8-9,12-13H2,1-3H3. The molecule has 0 saturated heterocycles. The van der Waals surface area contributed by atoms with Gasteiger partial charge in [-0.2, -0.15) is 11.8 Å². The van der Waals surface area contributed by atoms with E-state index in [1.165, 1.54) is 37.7 Å². The molecule has 2 nitrogen and oxygen atoms in total. The largest absolute Gasteiger partial charge is 0.497 e. The second-order valence-electron chi connectivity index (χ2n) is 6.16. The van der Waals surface area contributed by atoms with Gasteiger partial charge >= 0.3 is 0 Å². The van der Waals surface area contributed by atoms with Gasteiger partial charge in [-0.1, -0.05) is 12.1 Å². The van der Waals surface area contributed by atoms with E-state index >= 15 is 0 Å². The Morgan fingerprint density at radius 3 is 2.43 bits per heavy atom. The van der Waals surface area contributed by atoms with Crippen molar-refractivity contribution in [2.24, 2.45) is 0 Å². The molecule has 1 aromatic carbocycles. The molecule has 0 spiro atoms. The fourth-order valence-corrected chi connectivity index (χ4v) is 3.87. The Hall–Kier alpha value is -0.670. The van der Waals surface area contributed by atoms with Gasteiger partial charge in [-0.15, -0.1) is 0 Å². The quantitative estimate of drug-likeness (QED) is 0.812. The van der Waals surface area contributed by atoms with Crippen LogP contribution in [0, 0.1) is 0 Å². The SMILES string of the molecule is COc1ccc(CCC(C)NC2CCC(SC)CC2)cc1. The summed E-state index contributed by atoms with van der Waals surface area (Å²) < 4.78 is 5.20. The molecule has 0 radical (unpaired) electrons. The average Bonchev–Trinajstić information content (AvgIpc) is 2.54. The predicted molar refractivity (Wildman–Crippen MR) is 93.5 cm³/mol. The van der Waals surface area contributed by atoms with Crippen LogP contribution in [0.4, 0.5) is 0 Å². The van der Waals surface area contributed by atoms with Gasteiger partial charge in [0.05, 0.1) is 7.11 Å². The first-order chi connectivity index (χ1) is 10.2. The lowest BCUT2D eigenvalue weighted by Gasteiger charge is -2.30. The Bertz CT molecular complexity index is 398. The van der Waals surface area contributed by atoms with Crippen LogP contribution >= 0.6 is 11.8 Å². The maximum atomic E-state index is 5.20. The highest BCUT2D eigenvalue weighted by atomic mass is 32.2. The molecule has 1 saturated carbocycles. The predicted octanol–water partition coefficient (Wildman–Crippen LogP) is 4.28. The first-order valence-electron chi connectivity index (χ1n) is 8.13. The fraction of sp³-hybridized carbons (Fsp3) is 0.667. The van der Waals surface area contributed by atoms with Crippen molar-refractivity contribution in [2.45, 2.75) is 62.8 Å². The second-order valence-corrected chi connectivity index (χ2v) is 7.30. The van der Waals surface area contributed by atoms with E-state index in [4.69, 9.17) is 4.74 Å². The molecule has 1 aliphatic rings. The Balaban J connectivity index is 1.68. The summed E-state index contributed by atoms with van der Waals surface area (Å²) in [5, 5.41) is 4.72. The van der Waals surface area contributed by atoms with Gasteiger partial charge in [0, 0.05) is 17.3 Å². The van der Waals surface area contributed by atoms with Crippen LogP contribution < -0.4 is 10.1 Å². The van der Waals surface area contributed by atoms with Crippen molar-refractivity contribution in [3.05, 3.63) is 29.8 Å². The van der Waals surface area contributed by atoms with Gasteiger partial charge in [0.25, 0.3) is 0 Å². The number of benzene rings is 1. The molecule has 0 aliphatic heterocycles. The third kappa shape index (κ3) is 5.55. The smallest absolute Gasteiger partial charge is 0.118 e. The molecule has 1 aromatic rings. The summed E-state index contributed by atoms with van der Waals surface area (Å²) in [4.78, 5) is 0. The van der Waals surface area contributed by atoms with Crippen molar-refractivity contribution in [3.8, 4) is 5.75 Å². The summed E-state index contributed by atoms with van der Waals surface area (Å²) in [6.07, 6.45) is 10.0. The molecule has 118 valence electrons. The third-order valence-electron chi connectivity index (χ3n) is 4.55. The molecule has 3 heteroatoms. The lowest BCUT2D eigenvalue weighted by atomic mass is 9.94. The first-order valence-corrected chi connectivity index (χ1v) is 9.42. The normalized spacial score (nSPS) is 23.8. The molecule has 1 fully saturated rings. The van der Waals surface area contributed by atoms with Crippen LogP contribution in [0.3, 0.4) is 0 Å². The zero-order chi connectivity index (χ0) is 15.1. The zero-order valence-electron chi connectivity index (χ0n) is 13.6. The number of hydrogen-bond acceptors (Lipinski definition) is 3. The Morgan fingerprint density at radius 1 is 1.19 bits per heavy atom. The maximum absolute atomic E-state index is 5.20. The summed E-state index contributed by atoms with van der Waals surface area (Å²) >= 11 is 2.04. The minimum atomic E-state index is 0.600. The molecule has 0 heterocycles. The van der Waals surface area contributed by atoms with Crippen molar-refractivity contribution < 1.29 is 4.74 Å². The van der Waals surface area contributed by atoms with E-state index in [9.17, 15) is 0 Å². The van der Waals surface area contributed by atoms with Crippen molar-refractivity contribution in [3.63, 3.8) is 0 Å². The molecular weight excluding hydrogens is 278 g/mol. The molecule has 1 N–H and O–H groups in total. The zero-order valence-corrected chi connectivity index (χ0v) is 14.4. The minimum Gasteiger partial charge on any atom is -0.497 e. The topological polar surface area (TPSA) is 21.3 Å². The summed E-state index contributed by atoms with van der Waals surface area (Å²) in [5.74, 6) is 0.940. The molecule has 0 bridgehead atoms. The average molecular weight is 308 g/mol. The van der Waals surface area contributed by atoms with Gasteiger partial charge in [-0.3, -0.25) is 0 Å².